The summed E-state index contributed by atoms with van der Waals surface area (Å²) in [7, 11) is 0. The average molecular weight is 728 g/mol. The molecule has 0 aromatic heterocycles. The molecule has 0 fully saturated rings. The Balaban J connectivity index is 1.01. The van der Waals surface area contributed by atoms with Crippen LogP contribution in [0.5, 0.6) is 0 Å². The zero-order valence-electron chi connectivity index (χ0n) is 31.7. The van der Waals surface area contributed by atoms with Crippen LogP contribution in [-0.2, 0) is 0 Å². The van der Waals surface area contributed by atoms with Crippen LogP contribution in [0.3, 0.4) is 0 Å². The van der Waals surface area contributed by atoms with Gasteiger partial charge in [-0.2, -0.15) is 0 Å². The first kappa shape index (κ1) is 34.3. The van der Waals surface area contributed by atoms with Gasteiger partial charge in [-0.15, -0.1) is 0 Å². The van der Waals surface area contributed by atoms with E-state index in [1.165, 1.54) is 77.2 Å². The van der Waals surface area contributed by atoms with Crippen molar-refractivity contribution in [3.8, 4) is 44.5 Å². The number of hydrogen-bond acceptors (Lipinski definition) is 1. The number of benzene rings is 9. The SMILES string of the molecule is C1=CCCC(c2cccc(N(c3ccc(-c4ccc(-c5ccccc5)cc4)cc3)c3cccc(-c4ccc(-c5cc6ccccc6c6ccccc56)cc4)c3)c2)=C1. The molecule has 270 valence electrons. The molecule has 1 aliphatic rings. The zero-order valence-corrected chi connectivity index (χ0v) is 31.7. The third-order valence-corrected chi connectivity index (χ3v) is 11.3. The fourth-order valence-electron chi connectivity index (χ4n) is 8.38. The lowest BCUT2D eigenvalue weighted by atomic mass is 9.92. The van der Waals surface area contributed by atoms with Gasteiger partial charge in [0.15, 0.2) is 0 Å². The largest absolute Gasteiger partial charge is 0.310 e. The van der Waals surface area contributed by atoms with Crippen molar-refractivity contribution in [1.29, 1.82) is 0 Å². The molecule has 57 heavy (non-hydrogen) atoms. The van der Waals surface area contributed by atoms with Gasteiger partial charge in [-0.3, -0.25) is 0 Å². The highest BCUT2D eigenvalue weighted by Crippen LogP contribution is 2.40. The Kier molecular flexibility index (Phi) is 9.10. The topological polar surface area (TPSA) is 3.24 Å². The lowest BCUT2D eigenvalue weighted by Crippen LogP contribution is -2.10. The van der Waals surface area contributed by atoms with Crippen molar-refractivity contribution in [1.82, 2.24) is 0 Å². The van der Waals surface area contributed by atoms with Crippen molar-refractivity contribution in [3.63, 3.8) is 0 Å². The molecule has 9 aromatic carbocycles. The van der Waals surface area contributed by atoms with E-state index >= 15 is 0 Å². The molecule has 0 amide bonds. The normalized spacial score (nSPS) is 12.5. The number of fused-ring (bicyclic) bond motifs is 3. The zero-order chi connectivity index (χ0) is 38.0. The van der Waals surface area contributed by atoms with Crippen molar-refractivity contribution in [3.05, 3.63) is 230 Å². The van der Waals surface area contributed by atoms with Crippen LogP contribution in [-0.4, -0.2) is 0 Å². The summed E-state index contributed by atoms with van der Waals surface area (Å²) < 4.78 is 0. The highest BCUT2D eigenvalue weighted by atomic mass is 15.1. The molecular formula is C56H41N. The molecule has 1 heteroatoms. The van der Waals surface area contributed by atoms with Crippen LogP contribution in [0.2, 0.25) is 0 Å². The molecule has 0 atom stereocenters. The van der Waals surface area contributed by atoms with E-state index in [0.717, 1.165) is 29.9 Å². The fraction of sp³-hybridized carbons (Fsp3) is 0.0357. The second-order valence-electron chi connectivity index (χ2n) is 14.9. The van der Waals surface area contributed by atoms with Gasteiger partial charge >= 0.3 is 0 Å². The van der Waals surface area contributed by atoms with Crippen molar-refractivity contribution in [2.75, 3.05) is 4.90 Å². The fourth-order valence-corrected chi connectivity index (χ4v) is 8.38. The molecule has 0 aliphatic heterocycles. The molecule has 9 aromatic rings. The Hall–Kier alpha value is -7.22. The van der Waals surface area contributed by atoms with Crippen LogP contribution in [0.4, 0.5) is 17.1 Å². The highest BCUT2D eigenvalue weighted by molar-refractivity contribution is 6.13. The minimum absolute atomic E-state index is 1.05. The number of anilines is 3. The second-order valence-corrected chi connectivity index (χ2v) is 14.9. The maximum atomic E-state index is 2.39. The summed E-state index contributed by atoms with van der Waals surface area (Å²) in [6.07, 6.45) is 8.82. The summed E-state index contributed by atoms with van der Waals surface area (Å²) in [4.78, 5) is 2.39. The molecule has 0 saturated heterocycles. The monoisotopic (exact) mass is 727 g/mol. The maximum Gasteiger partial charge on any atom is 0.0467 e. The van der Waals surface area contributed by atoms with E-state index in [0.29, 0.717) is 0 Å². The third-order valence-electron chi connectivity index (χ3n) is 11.3. The predicted octanol–water partition coefficient (Wildman–Crippen LogP) is 15.9. The smallest absolute Gasteiger partial charge is 0.0467 e. The number of rotatable bonds is 8. The van der Waals surface area contributed by atoms with E-state index in [9.17, 15) is 0 Å². The summed E-state index contributed by atoms with van der Waals surface area (Å²) in [6.45, 7) is 0. The van der Waals surface area contributed by atoms with Crippen molar-refractivity contribution in [2.45, 2.75) is 12.8 Å². The molecule has 0 N–H and O–H groups in total. The Morgan fingerprint density at radius 2 is 0.842 bits per heavy atom. The van der Waals surface area contributed by atoms with E-state index in [2.05, 4.69) is 229 Å². The summed E-state index contributed by atoms with van der Waals surface area (Å²) in [5.41, 5.74) is 15.7. The van der Waals surface area contributed by atoms with Crippen molar-refractivity contribution < 1.29 is 0 Å². The summed E-state index contributed by atoms with van der Waals surface area (Å²) in [5.74, 6) is 0. The van der Waals surface area contributed by atoms with E-state index in [4.69, 9.17) is 0 Å². The van der Waals surface area contributed by atoms with Gasteiger partial charge in [-0.05, 0) is 132 Å². The van der Waals surface area contributed by atoms with Crippen LogP contribution < -0.4 is 4.90 Å². The van der Waals surface area contributed by atoms with Gasteiger partial charge in [0.05, 0.1) is 0 Å². The van der Waals surface area contributed by atoms with Gasteiger partial charge in [-0.1, -0.05) is 182 Å². The first-order valence-electron chi connectivity index (χ1n) is 19.9. The first-order valence-corrected chi connectivity index (χ1v) is 19.9. The van der Waals surface area contributed by atoms with Crippen LogP contribution in [0.25, 0.3) is 71.6 Å². The molecular weight excluding hydrogens is 687 g/mol. The highest BCUT2D eigenvalue weighted by Gasteiger charge is 2.16. The standard InChI is InChI=1S/C56H41N/c1-3-13-40(14-4-1)42-25-27-43(28-26-42)44-33-35-50(36-34-44)57(51-20-11-18-47(37-51)41-15-5-2-6-16-41)52-21-12-19-48(38-52)45-29-31-46(32-30-45)56-39-49-17-7-8-22-53(49)54-23-9-10-24-55(54)56/h1-5,7-15,17-39H,6,16H2. The molecule has 0 bridgehead atoms. The quantitative estimate of drug-likeness (QED) is 0.141. The van der Waals surface area contributed by atoms with Crippen LogP contribution in [0.15, 0.2) is 224 Å². The molecule has 1 aliphatic carbocycles. The summed E-state index contributed by atoms with van der Waals surface area (Å²) in [5, 5.41) is 5.12. The van der Waals surface area contributed by atoms with Gasteiger partial charge in [0, 0.05) is 17.1 Å². The molecule has 0 heterocycles. The van der Waals surface area contributed by atoms with E-state index in [-0.39, 0.29) is 0 Å². The van der Waals surface area contributed by atoms with Crippen LogP contribution in [0, 0.1) is 0 Å². The second kappa shape index (κ2) is 15.1. The molecule has 1 nitrogen and oxygen atoms in total. The number of nitrogens with zero attached hydrogens (tertiary/aromatic N) is 1. The Bertz CT molecular complexity index is 2920. The maximum absolute atomic E-state index is 2.39. The van der Waals surface area contributed by atoms with Gasteiger partial charge in [0.2, 0.25) is 0 Å². The van der Waals surface area contributed by atoms with E-state index in [1.54, 1.807) is 0 Å². The van der Waals surface area contributed by atoms with Gasteiger partial charge in [-0.25, -0.2) is 0 Å². The van der Waals surface area contributed by atoms with Crippen molar-refractivity contribution >= 4 is 44.2 Å². The predicted molar refractivity (Wildman–Crippen MR) is 244 cm³/mol. The first-order chi connectivity index (χ1) is 28.2. The minimum atomic E-state index is 1.05. The average Bonchev–Trinajstić information content (AvgIpc) is 3.30. The van der Waals surface area contributed by atoms with Crippen molar-refractivity contribution in [2.24, 2.45) is 0 Å². The van der Waals surface area contributed by atoms with Crippen LogP contribution >= 0.6 is 0 Å². The molecule has 0 spiro atoms. The van der Waals surface area contributed by atoms with E-state index in [1.807, 2.05) is 0 Å². The molecule has 0 saturated carbocycles. The Morgan fingerprint density at radius 1 is 0.333 bits per heavy atom. The Labute approximate surface area is 335 Å². The lowest BCUT2D eigenvalue weighted by molar-refractivity contribution is 1.05. The summed E-state index contributed by atoms with van der Waals surface area (Å²) >= 11 is 0. The number of hydrogen-bond donors (Lipinski definition) is 0. The van der Waals surface area contributed by atoms with Crippen LogP contribution in [0.1, 0.15) is 18.4 Å². The van der Waals surface area contributed by atoms with Gasteiger partial charge in [0.1, 0.15) is 0 Å². The minimum Gasteiger partial charge on any atom is -0.310 e. The molecule has 10 rings (SSSR count). The number of allylic oxidation sites excluding steroid dienone is 4. The van der Waals surface area contributed by atoms with Gasteiger partial charge in [0.25, 0.3) is 0 Å². The molecule has 0 radical (unpaired) electrons. The van der Waals surface area contributed by atoms with Gasteiger partial charge < -0.3 is 4.90 Å². The molecule has 0 unspecified atom stereocenters. The van der Waals surface area contributed by atoms with E-state index < -0.39 is 0 Å². The Morgan fingerprint density at radius 3 is 1.51 bits per heavy atom. The lowest BCUT2D eigenvalue weighted by Gasteiger charge is -2.27. The summed E-state index contributed by atoms with van der Waals surface area (Å²) in [6, 6.07) is 75.3. The third kappa shape index (κ3) is 6.86.